The Hall–Kier alpha value is -0.830. The lowest BCUT2D eigenvalue weighted by molar-refractivity contribution is -0.253. The number of ketones is 1. The fourth-order valence-corrected chi connectivity index (χ4v) is 5.03. The van der Waals surface area contributed by atoms with E-state index in [2.05, 4.69) is 0 Å². The number of hydrogen-bond acceptors (Lipinski definition) is 7. The molecule has 122 valence electrons. The first-order chi connectivity index (χ1) is 10.3. The Kier molecular flexibility index (Phi) is 2.67. The highest BCUT2D eigenvalue weighted by atomic mass is 16.6. The summed E-state index contributed by atoms with van der Waals surface area (Å²) in [7, 11) is 0. The topological polar surface area (TPSA) is 120 Å². The lowest BCUT2D eigenvalue weighted by atomic mass is 9.50. The monoisotopic (exact) mass is 312 g/mol. The quantitative estimate of drug-likeness (QED) is 0.419. The molecule has 4 rings (SSSR count). The highest BCUT2D eigenvalue weighted by Crippen LogP contribution is 2.70. The van der Waals surface area contributed by atoms with Crippen LogP contribution in [0.25, 0.3) is 0 Å². The van der Waals surface area contributed by atoms with Crippen molar-refractivity contribution in [2.24, 2.45) is 10.8 Å². The van der Waals surface area contributed by atoms with Gasteiger partial charge in [-0.1, -0.05) is 6.92 Å². The van der Waals surface area contributed by atoms with Crippen molar-refractivity contribution < 1.29 is 34.7 Å². The van der Waals surface area contributed by atoms with Crippen LogP contribution in [-0.2, 0) is 14.3 Å². The largest absolute Gasteiger partial charge is 0.396 e. The smallest absolute Gasteiger partial charge is 0.187 e. The van der Waals surface area contributed by atoms with E-state index in [0.29, 0.717) is 5.57 Å². The molecule has 4 aliphatic rings. The maximum atomic E-state index is 12.3. The summed E-state index contributed by atoms with van der Waals surface area (Å²) in [6.45, 7) is 2.92. The number of hydrogen-bond donors (Lipinski definition) is 4. The summed E-state index contributed by atoms with van der Waals surface area (Å²) in [5, 5.41) is 41.8. The van der Waals surface area contributed by atoms with Crippen LogP contribution in [0.3, 0.4) is 0 Å². The zero-order valence-corrected chi connectivity index (χ0v) is 12.4. The van der Waals surface area contributed by atoms with E-state index in [1.165, 1.54) is 0 Å². The van der Waals surface area contributed by atoms with Gasteiger partial charge in [-0.15, -0.1) is 0 Å². The molecule has 0 amide bonds. The molecule has 0 aromatic carbocycles. The molecule has 4 N–H and O–H groups in total. The second-order valence-electron chi connectivity index (χ2n) is 7.11. The number of aliphatic hydroxyl groups is 4. The van der Waals surface area contributed by atoms with Gasteiger partial charge in [-0.2, -0.15) is 0 Å². The molecule has 0 aromatic heterocycles. The van der Waals surface area contributed by atoms with Crippen LogP contribution < -0.4 is 0 Å². The predicted octanol–water partition coefficient (Wildman–Crippen LogP) is -1.87. The van der Waals surface area contributed by atoms with Crippen molar-refractivity contribution in [1.82, 2.24) is 0 Å². The SMILES string of the molecule is CC1=C[C@H]2O[C@@H]3[C@H](O)[C@@H](O)[C@](C)([C@@]2(CO)[C@H](O)C1=O)[C@]31CO1. The Bertz CT molecular complexity index is 582. The third-order valence-electron chi connectivity index (χ3n) is 6.58. The fourth-order valence-electron chi connectivity index (χ4n) is 5.03. The number of aliphatic hydroxyl groups excluding tert-OH is 4. The highest BCUT2D eigenvalue weighted by molar-refractivity contribution is 6.00. The van der Waals surface area contributed by atoms with Gasteiger partial charge >= 0.3 is 0 Å². The number of Topliss-reactive ketones (excluding diaryl/α,β-unsaturated/α-hetero) is 1. The normalized spacial score (nSPS) is 59.5. The standard InChI is InChI=1S/C15H20O7/c1-6-3-7-14(4-16,11(20)8(6)17)13(2)10(19)9(18)12(22-7)15(13)5-21-15/h3,7,9-12,16,18-20H,4-5H2,1-2H3/t7-,9-,10-,11-,12-,13-,14-,15+/m1/s1. The zero-order chi connectivity index (χ0) is 16.1. The summed E-state index contributed by atoms with van der Waals surface area (Å²) in [4.78, 5) is 12.3. The lowest BCUT2D eigenvalue weighted by Crippen LogP contribution is -2.72. The summed E-state index contributed by atoms with van der Waals surface area (Å²) in [6, 6.07) is 0. The Morgan fingerprint density at radius 2 is 2.00 bits per heavy atom. The van der Waals surface area contributed by atoms with E-state index < -0.39 is 59.3 Å². The fraction of sp³-hybridized carbons (Fsp3) is 0.800. The van der Waals surface area contributed by atoms with Gasteiger partial charge in [0.25, 0.3) is 0 Å². The Labute approximate surface area is 127 Å². The van der Waals surface area contributed by atoms with Crippen LogP contribution in [0, 0.1) is 10.8 Å². The number of epoxide rings is 1. The molecule has 2 heterocycles. The average Bonchev–Trinajstić information content (AvgIpc) is 3.27. The third kappa shape index (κ3) is 1.18. The van der Waals surface area contributed by atoms with Crippen molar-refractivity contribution in [3.05, 3.63) is 11.6 Å². The molecule has 7 heteroatoms. The highest BCUT2D eigenvalue weighted by Gasteiger charge is 2.86. The van der Waals surface area contributed by atoms with Gasteiger partial charge in [0.05, 0.1) is 30.8 Å². The molecule has 0 radical (unpaired) electrons. The van der Waals surface area contributed by atoms with Gasteiger partial charge in [-0.05, 0) is 18.6 Å². The summed E-state index contributed by atoms with van der Waals surface area (Å²) in [5.41, 5.74) is -3.28. The summed E-state index contributed by atoms with van der Waals surface area (Å²) in [6.07, 6.45) is -3.96. The molecular weight excluding hydrogens is 292 g/mol. The molecular formula is C15H20O7. The number of fused-ring (bicyclic) bond motifs is 2. The van der Waals surface area contributed by atoms with Crippen molar-refractivity contribution in [1.29, 1.82) is 0 Å². The molecule has 1 spiro atoms. The number of ether oxygens (including phenoxy) is 2. The molecule has 2 bridgehead atoms. The maximum Gasteiger partial charge on any atom is 0.187 e. The average molecular weight is 312 g/mol. The molecule has 0 aromatic rings. The van der Waals surface area contributed by atoms with E-state index >= 15 is 0 Å². The van der Waals surface area contributed by atoms with Crippen LogP contribution >= 0.6 is 0 Å². The summed E-state index contributed by atoms with van der Waals surface area (Å²) >= 11 is 0. The van der Waals surface area contributed by atoms with Gasteiger partial charge in [0.1, 0.15) is 23.9 Å². The van der Waals surface area contributed by atoms with E-state index in [4.69, 9.17) is 9.47 Å². The van der Waals surface area contributed by atoms with Gasteiger partial charge in [0.2, 0.25) is 0 Å². The van der Waals surface area contributed by atoms with E-state index in [-0.39, 0.29) is 6.61 Å². The second-order valence-corrected chi connectivity index (χ2v) is 7.11. The first-order valence-corrected chi connectivity index (χ1v) is 7.45. The third-order valence-corrected chi connectivity index (χ3v) is 6.58. The number of carbonyl (C=O) groups excluding carboxylic acids is 1. The van der Waals surface area contributed by atoms with Crippen molar-refractivity contribution in [2.45, 2.75) is 50.0 Å². The van der Waals surface area contributed by atoms with E-state index in [1.807, 2.05) is 0 Å². The Morgan fingerprint density at radius 3 is 2.55 bits per heavy atom. The minimum atomic E-state index is -1.53. The van der Waals surface area contributed by atoms with E-state index in [9.17, 15) is 25.2 Å². The van der Waals surface area contributed by atoms with Gasteiger partial charge in [-0.25, -0.2) is 0 Å². The molecule has 8 atom stereocenters. The maximum absolute atomic E-state index is 12.3. The van der Waals surface area contributed by atoms with Gasteiger partial charge in [-0.3, -0.25) is 4.79 Å². The van der Waals surface area contributed by atoms with E-state index in [1.54, 1.807) is 19.9 Å². The molecule has 7 nitrogen and oxygen atoms in total. The summed E-state index contributed by atoms with van der Waals surface area (Å²) < 4.78 is 11.5. The number of rotatable bonds is 1. The van der Waals surface area contributed by atoms with Gasteiger partial charge in [0.15, 0.2) is 5.78 Å². The first kappa shape index (κ1) is 14.7. The van der Waals surface area contributed by atoms with Gasteiger partial charge < -0.3 is 29.9 Å². The summed E-state index contributed by atoms with van der Waals surface area (Å²) in [5.74, 6) is -0.502. The molecule has 2 saturated heterocycles. The van der Waals surface area contributed by atoms with Crippen molar-refractivity contribution in [3.8, 4) is 0 Å². The number of carbonyl (C=O) groups is 1. The molecule has 2 aliphatic carbocycles. The van der Waals surface area contributed by atoms with Crippen molar-refractivity contribution in [3.63, 3.8) is 0 Å². The van der Waals surface area contributed by atoms with Crippen LogP contribution in [0.15, 0.2) is 11.6 Å². The molecule has 22 heavy (non-hydrogen) atoms. The molecule has 1 saturated carbocycles. The Morgan fingerprint density at radius 1 is 1.36 bits per heavy atom. The van der Waals surface area contributed by atoms with E-state index in [0.717, 1.165) is 0 Å². The van der Waals surface area contributed by atoms with Crippen LogP contribution in [-0.4, -0.2) is 75.5 Å². The van der Waals surface area contributed by atoms with Crippen LogP contribution in [0.2, 0.25) is 0 Å². The van der Waals surface area contributed by atoms with Crippen molar-refractivity contribution >= 4 is 5.78 Å². The molecule has 0 unspecified atom stereocenters. The first-order valence-electron chi connectivity index (χ1n) is 7.45. The molecule has 2 aliphatic heterocycles. The molecule has 3 fully saturated rings. The Balaban J connectivity index is 1.98. The van der Waals surface area contributed by atoms with Gasteiger partial charge in [0, 0.05) is 5.41 Å². The lowest BCUT2D eigenvalue weighted by Gasteiger charge is -2.58. The van der Waals surface area contributed by atoms with Crippen LogP contribution in [0.1, 0.15) is 13.8 Å². The second kappa shape index (κ2) is 3.98. The minimum Gasteiger partial charge on any atom is -0.396 e. The predicted molar refractivity (Wildman–Crippen MR) is 71.8 cm³/mol. The van der Waals surface area contributed by atoms with Crippen LogP contribution in [0.4, 0.5) is 0 Å². The van der Waals surface area contributed by atoms with Crippen molar-refractivity contribution in [2.75, 3.05) is 13.2 Å². The zero-order valence-electron chi connectivity index (χ0n) is 12.4. The minimum absolute atomic E-state index is 0.250. The van der Waals surface area contributed by atoms with Crippen LogP contribution in [0.5, 0.6) is 0 Å².